The number of anilines is 1. The molecule has 2 aliphatic rings. The lowest BCUT2D eigenvalue weighted by atomic mass is 9.81. The molecule has 1 N–H and O–H groups in total. The second-order valence-electron chi connectivity index (χ2n) is 6.81. The summed E-state index contributed by atoms with van der Waals surface area (Å²) in [5.41, 5.74) is -0.0131. The predicted octanol–water partition coefficient (Wildman–Crippen LogP) is 3.96. The van der Waals surface area contributed by atoms with Crippen LogP contribution in [0.3, 0.4) is 0 Å². The number of esters is 1. The maximum atomic E-state index is 12.4. The number of carbonyl (C=O) groups excluding carboxylic acids is 4. The molecule has 1 saturated heterocycles. The Kier molecular flexibility index (Phi) is 6.94. The van der Waals surface area contributed by atoms with E-state index in [1.54, 1.807) is 0 Å². The SMILES string of the molecule is O=C(COC(=O)CN1C(=O)C2CCCCC2C1=O)Nc1c(Cl)c(Cl)cc(Cl)c1Cl. The predicted molar refractivity (Wildman–Crippen MR) is 108 cm³/mol. The van der Waals surface area contributed by atoms with Gasteiger partial charge >= 0.3 is 5.97 Å². The maximum absolute atomic E-state index is 12.4. The summed E-state index contributed by atoms with van der Waals surface area (Å²) in [7, 11) is 0. The molecular formula is C18H16Cl4N2O5. The van der Waals surface area contributed by atoms with Crippen molar-refractivity contribution < 1.29 is 23.9 Å². The lowest BCUT2D eigenvalue weighted by Gasteiger charge is -2.19. The van der Waals surface area contributed by atoms with Crippen LogP contribution < -0.4 is 5.32 Å². The topological polar surface area (TPSA) is 92.8 Å². The van der Waals surface area contributed by atoms with Crippen LogP contribution in [-0.4, -0.2) is 41.7 Å². The lowest BCUT2D eigenvalue weighted by Crippen LogP contribution is -2.37. The molecule has 0 radical (unpaired) electrons. The van der Waals surface area contributed by atoms with E-state index in [0.29, 0.717) is 12.8 Å². The minimum atomic E-state index is -0.873. The number of ether oxygens (including phenoxy) is 1. The number of amides is 3. The largest absolute Gasteiger partial charge is 0.454 e. The van der Waals surface area contributed by atoms with Gasteiger partial charge in [0.25, 0.3) is 5.91 Å². The van der Waals surface area contributed by atoms with Gasteiger partial charge in [-0.2, -0.15) is 0 Å². The summed E-state index contributed by atoms with van der Waals surface area (Å²) >= 11 is 23.8. The summed E-state index contributed by atoms with van der Waals surface area (Å²) in [6.07, 6.45) is 3.06. The average molecular weight is 482 g/mol. The molecule has 2 unspecified atom stereocenters. The van der Waals surface area contributed by atoms with Gasteiger partial charge in [0.15, 0.2) is 6.61 Å². The number of likely N-dealkylation sites (tertiary alicyclic amines) is 1. The van der Waals surface area contributed by atoms with Crippen molar-refractivity contribution >= 4 is 75.8 Å². The van der Waals surface area contributed by atoms with Crippen LogP contribution in [0.5, 0.6) is 0 Å². The molecule has 1 aliphatic carbocycles. The van der Waals surface area contributed by atoms with Gasteiger partial charge in [-0.15, -0.1) is 0 Å². The van der Waals surface area contributed by atoms with Gasteiger partial charge in [-0.25, -0.2) is 0 Å². The van der Waals surface area contributed by atoms with E-state index in [4.69, 9.17) is 51.1 Å². The monoisotopic (exact) mass is 480 g/mol. The summed E-state index contributed by atoms with van der Waals surface area (Å²) in [4.78, 5) is 49.8. The maximum Gasteiger partial charge on any atom is 0.326 e. The van der Waals surface area contributed by atoms with E-state index < -0.39 is 25.0 Å². The Morgan fingerprint density at radius 2 is 1.52 bits per heavy atom. The van der Waals surface area contributed by atoms with Gasteiger partial charge in [0, 0.05) is 0 Å². The molecule has 2 fully saturated rings. The Morgan fingerprint density at radius 3 is 2.03 bits per heavy atom. The highest BCUT2D eigenvalue weighted by Crippen LogP contribution is 2.41. The zero-order chi connectivity index (χ0) is 21.3. The summed E-state index contributed by atoms with van der Waals surface area (Å²) in [5, 5.41) is 2.51. The highest BCUT2D eigenvalue weighted by Gasteiger charge is 2.48. The molecular weight excluding hydrogens is 466 g/mol. The number of nitrogens with one attached hydrogen (secondary N) is 1. The molecule has 0 aromatic heterocycles. The number of hydrogen-bond acceptors (Lipinski definition) is 5. The molecule has 156 valence electrons. The van der Waals surface area contributed by atoms with Crippen molar-refractivity contribution in [2.75, 3.05) is 18.5 Å². The summed E-state index contributed by atoms with van der Waals surface area (Å²) in [6.45, 7) is -1.19. The molecule has 0 spiro atoms. The van der Waals surface area contributed by atoms with Crippen LogP contribution in [0.4, 0.5) is 5.69 Å². The third-order valence-corrected chi connectivity index (χ3v) is 6.53. The minimum absolute atomic E-state index is 0.0131. The molecule has 11 heteroatoms. The Bertz CT molecular complexity index is 841. The number of nitrogens with zero attached hydrogens (tertiary/aromatic N) is 1. The molecule has 1 saturated carbocycles. The molecule has 0 bridgehead atoms. The lowest BCUT2D eigenvalue weighted by molar-refractivity contribution is -0.154. The second kappa shape index (κ2) is 9.08. The van der Waals surface area contributed by atoms with Crippen molar-refractivity contribution in [2.45, 2.75) is 25.7 Å². The van der Waals surface area contributed by atoms with Crippen molar-refractivity contribution in [3.05, 3.63) is 26.2 Å². The van der Waals surface area contributed by atoms with Gasteiger partial charge in [0.05, 0.1) is 37.6 Å². The number of carbonyl (C=O) groups is 4. The molecule has 1 aromatic carbocycles. The molecule has 3 amide bonds. The van der Waals surface area contributed by atoms with Crippen molar-refractivity contribution in [3.8, 4) is 0 Å². The van der Waals surface area contributed by atoms with Crippen molar-refractivity contribution in [3.63, 3.8) is 0 Å². The van der Waals surface area contributed by atoms with Gasteiger partial charge in [-0.1, -0.05) is 59.2 Å². The standard InChI is InChI=1S/C18H16Cl4N2O5/c19-10-5-11(20)15(22)16(14(10)21)23-12(25)7-29-13(26)6-24-17(27)8-3-1-2-4-9(8)18(24)28/h5,8-9H,1-4,6-7H2,(H,23,25). The summed E-state index contributed by atoms with van der Waals surface area (Å²) < 4.78 is 4.88. The smallest absolute Gasteiger partial charge is 0.326 e. The average Bonchev–Trinajstić information content (AvgIpc) is 2.93. The second-order valence-corrected chi connectivity index (χ2v) is 8.38. The van der Waals surface area contributed by atoms with E-state index in [9.17, 15) is 19.2 Å². The van der Waals surface area contributed by atoms with E-state index >= 15 is 0 Å². The third-order valence-electron chi connectivity index (χ3n) is 4.96. The first-order chi connectivity index (χ1) is 13.7. The fraction of sp³-hybridized carbons (Fsp3) is 0.444. The Labute approximate surface area is 186 Å². The first kappa shape index (κ1) is 22.2. The zero-order valence-corrected chi connectivity index (χ0v) is 18.0. The molecule has 1 heterocycles. The van der Waals surface area contributed by atoms with Crippen molar-refractivity contribution in [1.82, 2.24) is 4.90 Å². The molecule has 7 nitrogen and oxygen atoms in total. The summed E-state index contributed by atoms with van der Waals surface area (Å²) in [5.74, 6) is -3.04. The molecule has 2 atom stereocenters. The molecule has 29 heavy (non-hydrogen) atoms. The Morgan fingerprint density at radius 1 is 1.00 bits per heavy atom. The van der Waals surface area contributed by atoms with Gasteiger partial charge < -0.3 is 10.1 Å². The van der Waals surface area contributed by atoms with Crippen molar-refractivity contribution in [1.29, 1.82) is 0 Å². The fourth-order valence-corrected chi connectivity index (χ4v) is 4.47. The van der Waals surface area contributed by atoms with E-state index in [2.05, 4.69) is 5.32 Å². The van der Waals surface area contributed by atoms with E-state index in [0.717, 1.165) is 17.7 Å². The minimum Gasteiger partial charge on any atom is -0.454 e. The van der Waals surface area contributed by atoms with Crippen LogP contribution in [-0.2, 0) is 23.9 Å². The van der Waals surface area contributed by atoms with E-state index in [1.807, 2.05) is 0 Å². The Balaban J connectivity index is 1.56. The number of halogens is 4. The highest BCUT2D eigenvalue weighted by atomic mass is 35.5. The number of rotatable bonds is 5. The van der Waals surface area contributed by atoms with Crippen LogP contribution in [0, 0.1) is 11.8 Å². The van der Waals surface area contributed by atoms with E-state index in [-0.39, 0.29) is 49.4 Å². The number of fused-ring (bicyclic) bond motifs is 1. The van der Waals surface area contributed by atoms with Gasteiger partial charge in [-0.3, -0.25) is 24.1 Å². The van der Waals surface area contributed by atoms with Gasteiger partial charge in [0.2, 0.25) is 11.8 Å². The Hall–Kier alpha value is -1.54. The number of benzene rings is 1. The quantitative estimate of drug-likeness (QED) is 0.390. The summed E-state index contributed by atoms with van der Waals surface area (Å²) in [6, 6.07) is 1.32. The number of imide groups is 1. The molecule has 3 rings (SSSR count). The molecule has 1 aliphatic heterocycles. The van der Waals surface area contributed by atoms with Crippen LogP contribution in [0.25, 0.3) is 0 Å². The van der Waals surface area contributed by atoms with Crippen LogP contribution in [0.15, 0.2) is 6.07 Å². The first-order valence-electron chi connectivity index (χ1n) is 8.84. The van der Waals surface area contributed by atoms with E-state index in [1.165, 1.54) is 6.07 Å². The normalized spacial score (nSPS) is 21.2. The fourth-order valence-electron chi connectivity index (χ4n) is 3.57. The molecule has 1 aromatic rings. The van der Waals surface area contributed by atoms with Gasteiger partial charge in [-0.05, 0) is 18.9 Å². The van der Waals surface area contributed by atoms with Crippen LogP contribution >= 0.6 is 46.4 Å². The number of hydrogen-bond donors (Lipinski definition) is 1. The first-order valence-corrected chi connectivity index (χ1v) is 10.4. The highest BCUT2D eigenvalue weighted by molar-refractivity contribution is 6.50. The third kappa shape index (κ3) is 4.63. The van der Waals surface area contributed by atoms with Crippen LogP contribution in [0.1, 0.15) is 25.7 Å². The van der Waals surface area contributed by atoms with Crippen LogP contribution in [0.2, 0.25) is 20.1 Å². The van der Waals surface area contributed by atoms with Gasteiger partial charge in [0.1, 0.15) is 6.54 Å². The van der Waals surface area contributed by atoms with Crippen molar-refractivity contribution in [2.24, 2.45) is 11.8 Å². The zero-order valence-electron chi connectivity index (χ0n) is 15.0.